The van der Waals surface area contributed by atoms with Crippen LogP contribution >= 0.6 is 0 Å². The first-order valence-electron chi connectivity index (χ1n) is 12.1. The topological polar surface area (TPSA) is 119 Å². The third-order valence-electron chi connectivity index (χ3n) is 5.46. The zero-order chi connectivity index (χ0) is 23.9. The van der Waals surface area contributed by atoms with E-state index in [1.54, 1.807) is 0 Å². The molecule has 10 nitrogen and oxygen atoms in total. The lowest BCUT2D eigenvalue weighted by Crippen LogP contribution is -2.29. The lowest BCUT2D eigenvalue weighted by atomic mass is 10.3. The smallest absolute Gasteiger partial charge is 0.233 e. The second kappa shape index (κ2) is 15.2. The molecule has 33 heavy (non-hydrogen) atoms. The lowest BCUT2D eigenvalue weighted by Gasteiger charge is -2.19. The minimum Gasteiger partial charge on any atom is -0.384 e. The average Bonchev–Trinajstić information content (AvgIpc) is 2.84. The van der Waals surface area contributed by atoms with E-state index < -0.39 is 0 Å². The van der Waals surface area contributed by atoms with Gasteiger partial charge in [-0.25, -0.2) is 0 Å². The normalized spacial score (nSPS) is 11.1. The van der Waals surface area contributed by atoms with Crippen molar-refractivity contribution in [1.29, 1.82) is 0 Å². The largest absolute Gasteiger partial charge is 0.384 e. The number of nitrogens with one attached hydrogen (secondary N) is 4. The van der Waals surface area contributed by atoms with Crippen molar-refractivity contribution in [2.24, 2.45) is 5.73 Å². The summed E-state index contributed by atoms with van der Waals surface area (Å²) in [7, 11) is 0. The molecule has 0 fully saturated rings. The number of hydrogen-bond donors (Lipinski definition) is 5. The number of nitrogens with zero attached hydrogens (tertiary/aromatic N) is 5. The standard InChI is InChI=1S/C23H42N10/c1-5-32(6-2)17-15-26-21-29-22(27-16-18-33(7-3)8-4)31-23(30-21)28-20-11-9-19(10-12-20)25-14-13-24/h9-12,25H,5-8,13-18,24H2,1-4H3,(H3,26,27,28,29,30,31). The first-order chi connectivity index (χ1) is 16.1. The predicted octanol–water partition coefficient (Wildman–Crippen LogP) is 2.49. The number of anilines is 5. The predicted molar refractivity (Wildman–Crippen MR) is 140 cm³/mol. The summed E-state index contributed by atoms with van der Waals surface area (Å²) in [6.07, 6.45) is 0. The van der Waals surface area contributed by atoms with E-state index in [0.717, 1.165) is 70.3 Å². The van der Waals surface area contributed by atoms with Crippen LogP contribution in [0, 0.1) is 0 Å². The van der Waals surface area contributed by atoms with Gasteiger partial charge in [0.15, 0.2) is 0 Å². The van der Waals surface area contributed by atoms with Crippen LogP contribution in [0.4, 0.5) is 29.2 Å². The Hall–Kier alpha value is -2.69. The van der Waals surface area contributed by atoms with Crippen molar-refractivity contribution in [2.45, 2.75) is 27.7 Å². The molecule has 0 aliphatic carbocycles. The van der Waals surface area contributed by atoms with E-state index >= 15 is 0 Å². The first-order valence-corrected chi connectivity index (χ1v) is 12.1. The van der Waals surface area contributed by atoms with Gasteiger partial charge in [-0.1, -0.05) is 27.7 Å². The summed E-state index contributed by atoms with van der Waals surface area (Å²) in [5.41, 5.74) is 7.49. The molecule has 1 aromatic heterocycles. The highest BCUT2D eigenvalue weighted by molar-refractivity contribution is 5.59. The fourth-order valence-electron chi connectivity index (χ4n) is 3.34. The average molecular weight is 459 g/mol. The second-order valence-corrected chi connectivity index (χ2v) is 7.63. The summed E-state index contributed by atoms with van der Waals surface area (Å²) in [5, 5.41) is 13.3. The molecule has 6 N–H and O–H groups in total. The molecule has 1 heterocycles. The number of hydrogen-bond acceptors (Lipinski definition) is 10. The van der Waals surface area contributed by atoms with Gasteiger partial charge in [-0.15, -0.1) is 0 Å². The van der Waals surface area contributed by atoms with Crippen LogP contribution in [0.3, 0.4) is 0 Å². The number of rotatable bonds is 17. The van der Waals surface area contributed by atoms with Crippen molar-refractivity contribution in [3.8, 4) is 0 Å². The van der Waals surface area contributed by atoms with Gasteiger partial charge < -0.3 is 36.8 Å². The molecule has 0 aliphatic rings. The Morgan fingerprint density at radius 1 is 0.636 bits per heavy atom. The molecular weight excluding hydrogens is 416 g/mol. The van der Waals surface area contributed by atoms with Crippen LogP contribution in [-0.4, -0.2) is 90.2 Å². The Labute approximate surface area is 198 Å². The summed E-state index contributed by atoms with van der Waals surface area (Å²) in [6, 6.07) is 7.99. The molecule has 0 bridgehead atoms. The molecule has 0 spiro atoms. The maximum absolute atomic E-state index is 5.56. The van der Waals surface area contributed by atoms with E-state index in [-0.39, 0.29) is 0 Å². The zero-order valence-electron chi connectivity index (χ0n) is 20.7. The number of aromatic nitrogens is 3. The molecule has 0 aliphatic heterocycles. The molecule has 2 aromatic rings. The first kappa shape index (κ1) is 26.6. The molecule has 10 heteroatoms. The number of likely N-dealkylation sites (N-methyl/N-ethyl adjacent to an activating group) is 2. The second-order valence-electron chi connectivity index (χ2n) is 7.63. The highest BCUT2D eigenvalue weighted by atomic mass is 15.3. The fraction of sp³-hybridized carbons (Fsp3) is 0.609. The number of benzene rings is 1. The van der Waals surface area contributed by atoms with Crippen LogP contribution in [0.25, 0.3) is 0 Å². The summed E-state index contributed by atoms with van der Waals surface area (Å²) in [6.45, 7) is 17.5. The summed E-state index contributed by atoms with van der Waals surface area (Å²) in [5.74, 6) is 1.63. The van der Waals surface area contributed by atoms with Crippen molar-refractivity contribution in [3.63, 3.8) is 0 Å². The van der Waals surface area contributed by atoms with Gasteiger partial charge in [-0.2, -0.15) is 15.0 Å². The van der Waals surface area contributed by atoms with Crippen molar-refractivity contribution in [3.05, 3.63) is 24.3 Å². The molecule has 1 aromatic carbocycles. The van der Waals surface area contributed by atoms with Gasteiger partial charge in [-0.05, 0) is 50.4 Å². The Morgan fingerprint density at radius 3 is 1.55 bits per heavy atom. The van der Waals surface area contributed by atoms with Gasteiger partial charge in [0.2, 0.25) is 17.8 Å². The van der Waals surface area contributed by atoms with Crippen LogP contribution < -0.4 is 27.0 Å². The molecule has 0 amide bonds. The SMILES string of the molecule is CCN(CC)CCNc1nc(NCCN(CC)CC)nc(Nc2ccc(NCCN)cc2)n1. The summed E-state index contributed by atoms with van der Waals surface area (Å²) < 4.78 is 0. The quantitative estimate of drug-likeness (QED) is 0.242. The van der Waals surface area contributed by atoms with E-state index in [4.69, 9.17) is 5.73 Å². The molecule has 0 saturated heterocycles. The maximum atomic E-state index is 5.56. The lowest BCUT2D eigenvalue weighted by molar-refractivity contribution is 0.315. The van der Waals surface area contributed by atoms with E-state index in [2.05, 4.69) is 73.7 Å². The van der Waals surface area contributed by atoms with Crippen molar-refractivity contribution in [2.75, 3.05) is 86.7 Å². The van der Waals surface area contributed by atoms with Gasteiger partial charge in [-0.3, -0.25) is 0 Å². The monoisotopic (exact) mass is 458 g/mol. The highest BCUT2D eigenvalue weighted by Gasteiger charge is 2.09. The highest BCUT2D eigenvalue weighted by Crippen LogP contribution is 2.18. The Kier molecular flexibility index (Phi) is 12.2. The molecule has 0 unspecified atom stereocenters. The third kappa shape index (κ3) is 9.77. The van der Waals surface area contributed by atoms with Crippen LogP contribution in [0.5, 0.6) is 0 Å². The third-order valence-corrected chi connectivity index (χ3v) is 5.46. The van der Waals surface area contributed by atoms with Crippen LogP contribution in [0.15, 0.2) is 24.3 Å². The summed E-state index contributed by atoms with van der Waals surface area (Å²) >= 11 is 0. The van der Waals surface area contributed by atoms with Gasteiger partial charge >= 0.3 is 0 Å². The van der Waals surface area contributed by atoms with Crippen molar-refractivity contribution < 1.29 is 0 Å². The van der Waals surface area contributed by atoms with Crippen molar-refractivity contribution >= 4 is 29.2 Å². The summed E-state index contributed by atoms with van der Waals surface area (Å²) in [4.78, 5) is 18.5. The molecule has 0 atom stereocenters. The maximum Gasteiger partial charge on any atom is 0.233 e. The Morgan fingerprint density at radius 2 is 1.09 bits per heavy atom. The number of nitrogens with two attached hydrogens (primary N) is 1. The minimum atomic E-state index is 0.503. The molecule has 0 saturated carbocycles. The van der Waals surface area contributed by atoms with Gasteiger partial charge in [0, 0.05) is 50.6 Å². The minimum absolute atomic E-state index is 0.503. The van der Waals surface area contributed by atoms with Crippen LogP contribution in [0.1, 0.15) is 27.7 Å². The van der Waals surface area contributed by atoms with E-state index in [9.17, 15) is 0 Å². The fourth-order valence-corrected chi connectivity index (χ4v) is 3.34. The Bertz CT molecular complexity index is 739. The Balaban J connectivity index is 2.08. The van der Waals surface area contributed by atoms with Crippen LogP contribution in [-0.2, 0) is 0 Å². The van der Waals surface area contributed by atoms with Gasteiger partial charge in [0.1, 0.15) is 0 Å². The van der Waals surface area contributed by atoms with E-state index in [0.29, 0.717) is 24.4 Å². The molecule has 184 valence electrons. The van der Waals surface area contributed by atoms with E-state index in [1.165, 1.54) is 0 Å². The molecular formula is C23H42N10. The molecule has 0 radical (unpaired) electrons. The van der Waals surface area contributed by atoms with Gasteiger partial charge in [0.05, 0.1) is 0 Å². The van der Waals surface area contributed by atoms with Crippen LogP contribution in [0.2, 0.25) is 0 Å². The van der Waals surface area contributed by atoms with E-state index in [1.807, 2.05) is 24.3 Å². The molecule has 2 rings (SSSR count). The van der Waals surface area contributed by atoms with Crippen molar-refractivity contribution in [1.82, 2.24) is 24.8 Å². The van der Waals surface area contributed by atoms with Gasteiger partial charge in [0.25, 0.3) is 0 Å². The zero-order valence-corrected chi connectivity index (χ0v) is 20.7.